The smallest absolute Gasteiger partial charge is 0.230 e. The topological polar surface area (TPSA) is 70.7 Å². The maximum absolute atomic E-state index is 11.6. The number of carbonyl (C=O) groups excluding carboxylic acids is 1. The molecule has 2 rings (SSSR count). The molecule has 5 nitrogen and oxygen atoms in total. The first-order valence-corrected chi connectivity index (χ1v) is 7.63. The van der Waals surface area contributed by atoms with Crippen LogP contribution < -0.4 is 5.32 Å². The molecular weight excluding hydrogens is 308 g/mol. The molecule has 1 amide bonds. The molecule has 108 valence electrons. The molecule has 21 heavy (non-hydrogen) atoms. The van der Waals surface area contributed by atoms with E-state index >= 15 is 0 Å². The highest BCUT2D eigenvalue weighted by Gasteiger charge is 2.09. The predicted molar refractivity (Wildman–Crippen MR) is 82.5 cm³/mol. The van der Waals surface area contributed by atoms with Gasteiger partial charge in [-0.15, -0.1) is 0 Å². The van der Waals surface area contributed by atoms with Gasteiger partial charge < -0.3 is 5.32 Å². The minimum absolute atomic E-state index is 0.115. The largest absolute Gasteiger partial charge is 0.354 e. The van der Waals surface area contributed by atoms with Gasteiger partial charge in [0.2, 0.25) is 5.91 Å². The van der Waals surface area contributed by atoms with Crippen LogP contribution in [0.2, 0.25) is 5.02 Å². The van der Waals surface area contributed by atoms with Crippen molar-refractivity contribution in [3.8, 4) is 11.8 Å². The number of amides is 1. The van der Waals surface area contributed by atoms with Crippen molar-refractivity contribution < 1.29 is 4.79 Å². The Morgan fingerprint density at radius 1 is 1.52 bits per heavy atom. The summed E-state index contributed by atoms with van der Waals surface area (Å²) in [6, 6.07) is 9.40. The molecule has 2 aromatic rings. The van der Waals surface area contributed by atoms with Crippen molar-refractivity contribution in [3.63, 3.8) is 0 Å². The molecule has 0 aliphatic heterocycles. The van der Waals surface area contributed by atoms with E-state index in [0.717, 1.165) is 5.69 Å². The summed E-state index contributed by atoms with van der Waals surface area (Å²) < 4.78 is 1.87. The second-order valence-corrected chi connectivity index (χ2v) is 5.49. The van der Waals surface area contributed by atoms with Gasteiger partial charge in [-0.25, -0.2) is 4.98 Å². The van der Waals surface area contributed by atoms with Gasteiger partial charge in [-0.3, -0.25) is 9.36 Å². The zero-order valence-corrected chi connectivity index (χ0v) is 12.7. The first kappa shape index (κ1) is 15.4. The maximum atomic E-state index is 11.6. The minimum atomic E-state index is -0.115. The summed E-state index contributed by atoms with van der Waals surface area (Å²) in [6.45, 7) is 0.374. The van der Waals surface area contributed by atoms with Crippen LogP contribution in [0.3, 0.4) is 0 Å². The van der Waals surface area contributed by atoms with E-state index in [4.69, 9.17) is 16.9 Å². The minimum Gasteiger partial charge on any atom is -0.354 e. The molecule has 1 aromatic carbocycles. The van der Waals surface area contributed by atoms with Gasteiger partial charge in [-0.1, -0.05) is 29.4 Å². The standard InChI is InChI=1S/C14H13ClN4OS/c15-11-3-1-4-12(9-11)19-8-7-18-14(19)21-10-13(20)17-6-2-5-16/h1,3-4,7-9H,2,6,10H2,(H,17,20). The van der Waals surface area contributed by atoms with Crippen molar-refractivity contribution in [2.24, 2.45) is 0 Å². The summed E-state index contributed by atoms with van der Waals surface area (Å²) >= 11 is 7.32. The van der Waals surface area contributed by atoms with Gasteiger partial charge in [0.05, 0.1) is 18.2 Å². The second kappa shape index (κ2) is 7.72. The van der Waals surface area contributed by atoms with Crippen LogP contribution >= 0.6 is 23.4 Å². The number of hydrogen-bond acceptors (Lipinski definition) is 4. The number of imidazole rings is 1. The number of halogens is 1. The highest BCUT2D eigenvalue weighted by atomic mass is 35.5. The lowest BCUT2D eigenvalue weighted by molar-refractivity contribution is -0.118. The van der Waals surface area contributed by atoms with Crippen LogP contribution in [-0.2, 0) is 4.79 Å². The van der Waals surface area contributed by atoms with Crippen molar-refractivity contribution in [2.45, 2.75) is 11.6 Å². The number of nitrogens with zero attached hydrogens (tertiary/aromatic N) is 3. The van der Waals surface area contributed by atoms with Crippen LogP contribution in [0.5, 0.6) is 0 Å². The summed E-state index contributed by atoms with van der Waals surface area (Å²) in [7, 11) is 0. The number of benzene rings is 1. The van der Waals surface area contributed by atoms with E-state index < -0.39 is 0 Å². The number of aromatic nitrogens is 2. The first-order chi connectivity index (χ1) is 10.2. The van der Waals surface area contributed by atoms with E-state index in [1.54, 1.807) is 12.3 Å². The van der Waals surface area contributed by atoms with Crippen LogP contribution in [0.1, 0.15) is 6.42 Å². The molecule has 0 aliphatic carbocycles. The molecule has 0 atom stereocenters. The Morgan fingerprint density at radius 3 is 3.14 bits per heavy atom. The SMILES string of the molecule is N#CCCNC(=O)CSc1nccn1-c1cccc(Cl)c1. The van der Waals surface area contributed by atoms with Crippen LogP contribution in [-0.4, -0.2) is 27.8 Å². The monoisotopic (exact) mass is 320 g/mol. The zero-order chi connectivity index (χ0) is 15.1. The third kappa shape index (κ3) is 4.52. The molecule has 0 bridgehead atoms. The van der Waals surface area contributed by atoms with Crippen molar-refractivity contribution in [1.29, 1.82) is 5.26 Å². The number of thioether (sulfide) groups is 1. The lowest BCUT2D eigenvalue weighted by Gasteiger charge is -2.07. The fourth-order valence-corrected chi connectivity index (χ4v) is 2.65. The molecule has 1 heterocycles. The van der Waals surface area contributed by atoms with Crippen LogP contribution in [0.15, 0.2) is 41.8 Å². The van der Waals surface area contributed by atoms with E-state index in [1.807, 2.05) is 35.0 Å². The molecule has 0 radical (unpaired) electrons. The van der Waals surface area contributed by atoms with Crippen LogP contribution in [0, 0.1) is 11.3 Å². The fraction of sp³-hybridized carbons (Fsp3) is 0.214. The summed E-state index contributed by atoms with van der Waals surface area (Å²) in [5.74, 6) is 0.138. The van der Waals surface area contributed by atoms with Crippen molar-refractivity contribution in [3.05, 3.63) is 41.7 Å². The Kier molecular flexibility index (Phi) is 5.67. The third-order valence-electron chi connectivity index (χ3n) is 2.58. The van der Waals surface area contributed by atoms with Gasteiger partial charge in [-0.2, -0.15) is 5.26 Å². The molecule has 0 saturated carbocycles. The molecule has 1 N–H and O–H groups in total. The quantitative estimate of drug-likeness (QED) is 0.656. The van der Waals surface area contributed by atoms with E-state index in [-0.39, 0.29) is 11.7 Å². The fourth-order valence-electron chi connectivity index (χ4n) is 1.66. The lowest BCUT2D eigenvalue weighted by atomic mass is 10.3. The predicted octanol–water partition coefficient (Wildman–Crippen LogP) is 2.65. The summed E-state index contributed by atoms with van der Waals surface area (Å²) in [5.41, 5.74) is 0.896. The molecule has 0 spiro atoms. The van der Waals surface area contributed by atoms with E-state index in [0.29, 0.717) is 23.1 Å². The molecule has 0 aliphatic rings. The van der Waals surface area contributed by atoms with Gasteiger partial charge in [0.1, 0.15) is 0 Å². The molecule has 0 unspecified atom stereocenters. The Hall–Kier alpha value is -1.97. The number of hydrogen-bond donors (Lipinski definition) is 1. The maximum Gasteiger partial charge on any atom is 0.230 e. The van der Waals surface area contributed by atoms with Gasteiger partial charge in [0.15, 0.2) is 5.16 Å². The molecule has 1 aromatic heterocycles. The first-order valence-electron chi connectivity index (χ1n) is 6.26. The number of rotatable bonds is 6. The normalized spacial score (nSPS) is 10.1. The van der Waals surface area contributed by atoms with E-state index in [9.17, 15) is 4.79 Å². The number of nitriles is 1. The molecule has 7 heteroatoms. The molecular formula is C14H13ClN4OS. The van der Waals surface area contributed by atoms with Crippen LogP contribution in [0.4, 0.5) is 0 Å². The van der Waals surface area contributed by atoms with Gasteiger partial charge >= 0.3 is 0 Å². The molecule has 0 saturated heterocycles. The van der Waals surface area contributed by atoms with Gasteiger partial charge in [0, 0.05) is 29.6 Å². The average molecular weight is 321 g/mol. The lowest BCUT2D eigenvalue weighted by Crippen LogP contribution is -2.26. The summed E-state index contributed by atoms with van der Waals surface area (Å²) in [6.07, 6.45) is 3.81. The van der Waals surface area contributed by atoms with Crippen molar-refractivity contribution in [2.75, 3.05) is 12.3 Å². The average Bonchev–Trinajstić information content (AvgIpc) is 2.94. The van der Waals surface area contributed by atoms with Crippen LogP contribution in [0.25, 0.3) is 5.69 Å². The Bertz CT molecular complexity index is 665. The van der Waals surface area contributed by atoms with E-state index in [2.05, 4.69) is 10.3 Å². The second-order valence-electron chi connectivity index (χ2n) is 4.11. The van der Waals surface area contributed by atoms with Gasteiger partial charge in [-0.05, 0) is 18.2 Å². The number of carbonyl (C=O) groups is 1. The third-order valence-corrected chi connectivity index (χ3v) is 3.79. The highest BCUT2D eigenvalue weighted by Crippen LogP contribution is 2.22. The summed E-state index contributed by atoms with van der Waals surface area (Å²) in [4.78, 5) is 15.9. The zero-order valence-electron chi connectivity index (χ0n) is 11.1. The summed E-state index contributed by atoms with van der Waals surface area (Å²) in [5, 5.41) is 12.4. The van der Waals surface area contributed by atoms with E-state index in [1.165, 1.54) is 11.8 Å². The Balaban J connectivity index is 1.98. The Morgan fingerprint density at radius 2 is 2.38 bits per heavy atom. The van der Waals surface area contributed by atoms with Gasteiger partial charge in [0.25, 0.3) is 0 Å². The van der Waals surface area contributed by atoms with Crippen molar-refractivity contribution >= 4 is 29.3 Å². The molecule has 0 fully saturated rings. The number of nitrogens with one attached hydrogen (secondary N) is 1. The van der Waals surface area contributed by atoms with Crippen molar-refractivity contribution in [1.82, 2.24) is 14.9 Å². The Labute approximate surface area is 131 Å². The highest BCUT2D eigenvalue weighted by molar-refractivity contribution is 7.99.